The second-order valence-electron chi connectivity index (χ2n) is 4.55. The van der Waals surface area contributed by atoms with E-state index in [1.807, 2.05) is 0 Å². The molecule has 98 valence electrons. The lowest BCUT2D eigenvalue weighted by Crippen LogP contribution is -2.13. The molecule has 0 spiro atoms. The number of nitrogens with two attached hydrogens (primary N) is 1. The Kier molecular flexibility index (Phi) is 2.91. The van der Waals surface area contributed by atoms with E-state index in [2.05, 4.69) is 10.2 Å². The number of ketones is 1. The van der Waals surface area contributed by atoms with E-state index in [0.29, 0.717) is 17.0 Å². The molecule has 0 radical (unpaired) electrons. The number of benzene rings is 1. The minimum atomic E-state index is -0.0825. The van der Waals surface area contributed by atoms with E-state index in [1.54, 1.807) is 18.2 Å². The normalized spacial score (nSPS) is 14.3. The van der Waals surface area contributed by atoms with Gasteiger partial charge in [-0.25, -0.2) is 0 Å². The lowest BCUT2D eigenvalue weighted by atomic mass is 10.1. The smallest absolute Gasteiger partial charge is 0.186 e. The van der Waals surface area contributed by atoms with Crippen LogP contribution in [0.1, 0.15) is 23.2 Å². The predicted octanol–water partition coefficient (Wildman–Crippen LogP) is 1.28. The zero-order chi connectivity index (χ0) is 13.2. The average molecular weight is 258 g/mol. The first-order valence-electron chi connectivity index (χ1n) is 6.16. The van der Waals surface area contributed by atoms with Crippen LogP contribution in [0.4, 0.5) is 5.69 Å². The van der Waals surface area contributed by atoms with Crippen molar-refractivity contribution in [2.45, 2.75) is 25.5 Å². The molecule has 6 nitrogen and oxygen atoms in total. The van der Waals surface area contributed by atoms with Crippen LogP contribution >= 0.6 is 0 Å². The fourth-order valence-corrected chi connectivity index (χ4v) is 1.74. The third kappa shape index (κ3) is 2.73. The molecule has 1 aromatic carbocycles. The zero-order valence-electron chi connectivity index (χ0n) is 10.3. The van der Waals surface area contributed by atoms with Gasteiger partial charge < -0.3 is 10.5 Å². The number of hydrogen-bond acceptors (Lipinski definition) is 5. The van der Waals surface area contributed by atoms with Gasteiger partial charge in [0.1, 0.15) is 12.3 Å². The van der Waals surface area contributed by atoms with Crippen LogP contribution in [0.5, 0.6) is 5.75 Å². The van der Waals surface area contributed by atoms with Gasteiger partial charge in [0.05, 0.1) is 24.2 Å². The number of aromatic nitrogens is 3. The highest BCUT2D eigenvalue weighted by atomic mass is 16.5. The first-order valence-corrected chi connectivity index (χ1v) is 6.16. The highest BCUT2D eigenvalue weighted by Gasteiger charge is 2.24. The maximum atomic E-state index is 12.0. The Labute approximate surface area is 110 Å². The molecule has 19 heavy (non-hydrogen) atoms. The van der Waals surface area contributed by atoms with E-state index in [-0.39, 0.29) is 18.4 Å². The second-order valence-corrected chi connectivity index (χ2v) is 4.55. The monoisotopic (exact) mass is 258 g/mol. The number of carbonyl (C=O) groups excluding carboxylic acids is 1. The van der Waals surface area contributed by atoms with Crippen LogP contribution in [0.15, 0.2) is 30.6 Å². The van der Waals surface area contributed by atoms with Crippen LogP contribution in [-0.2, 0) is 6.54 Å². The van der Waals surface area contributed by atoms with Crippen LogP contribution < -0.4 is 10.5 Å². The molecule has 1 aliphatic carbocycles. The van der Waals surface area contributed by atoms with Gasteiger partial charge in [-0.1, -0.05) is 0 Å². The first kappa shape index (κ1) is 11.7. The van der Waals surface area contributed by atoms with Crippen LogP contribution in [-0.4, -0.2) is 26.9 Å². The van der Waals surface area contributed by atoms with E-state index >= 15 is 0 Å². The van der Waals surface area contributed by atoms with Gasteiger partial charge in [-0.3, -0.25) is 4.79 Å². The number of anilines is 1. The predicted molar refractivity (Wildman–Crippen MR) is 68.9 cm³/mol. The van der Waals surface area contributed by atoms with Crippen molar-refractivity contribution < 1.29 is 9.53 Å². The van der Waals surface area contributed by atoms with Crippen LogP contribution in [0.25, 0.3) is 0 Å². The molecule has 1 saturated carbocycles. The summed E-state index contributed by atoms with van der Waals surface area (Å²) in [6.45, 7) is 0.106. The van der Waals surface area contributed by atoms with Gasteiger partial charge in [-0.15, -0.1) is 0 Å². The topological polar surface area (TPSA) is 83.0 Å². The highest BCUT2D eigenvalue weighted by molar-refractivity contribution is 5.96. The molecule has 1 aromatic heterocycles. The lowest BCUT2D eigenvalue weighted by molar-refractivity contribution is 0.0962. The van der Waals surface area contributed by atoms with Crippen LogP contribution in [0.2, 0.25) is 0 Å². The highest BCUT2D eigenvalue weighted by Crippen LogP contribution is 2.31. The minimum Gasteiger partial charge on any atom is -0.488 e. The summed E-state index contributed by atoms with van der Waals surface area (Å²) < 4.78 is 5.63. The molecule has 0 unspecified atom stereocenters. The van der Waals surface area contributed by atoms with E-state index < -0.39 is 0 Å². The third-order valence-corrected chi connectivity index (χ3v) is 2.90. The van der Waals surface area contributed by atoms with Crippen molar-refractivity contribution in [1.29, 1.82) is 0 Å². The van der Waals surface area contributed by atoms with Crippen molar-refractivity contribution >= 4 is 11.5 Å². The fraction of sp³-hybridized carbons (Fsp3) is 0.308. The maximum absolute atomic E-state index is 12.0. The molecular formula is C13H14N4O2. The number of hydrogen-bond donors (Lipinski definition) is 1. The summed E-state index contributed by atoms with van der Waals surface area (Å²) in [5.41, 5.74) is 6.92. The number of nitrogen functional groups attached to an aromatic ring is 1. The van der Waals surface area contributed by atoms with Gasteiger partial charge in [0.15, 0.2) is 5.78 Å². The van der Waals surface area contributed by atoms with Crippen molar-refractivity contribution in [1.82, 2.24) is 15.0 Å². The Morgan fingerprint density at radius 3 is 2.74 bits per heavy atom. The van der Waals surface area contributed by atoms with E-state index in [1.165, 1.54) is 17.2 Å². The summed E-state index contributed by atoms with van der Waals surface area (Å²) in [4.78, 5) is 13.4. The standard InChI is InChI=1S/C13H14N4O2/c14-11-7-9(1-4-13(11)19-10-2-3-10)12(18)8-17-15-5-6-16-17/h1,4-7,10H,2-3,8,14H2. The Balaban J connectivity index is 1.73. The van der Waals surface area contributed by atoms with E-state index in [9.17, 15) is 4.79 Å². The van der Waals surface area contributed by atoms with Gasteiger partial charge in [0.2, 0.25) is 0 Å². The molecule has 6 heteroatoms. The Hall–Kier alpha value is -2.37. The molecule has 0 atom stereocenters. The summed E-state index contributed by atoms with van der Waals surface area (Å²) in [5, 5.41) is 7.80. The molecule has 1 heterocycles. The van der Waals surface area contributed by atoms with Crippen molar-refractivity contribution in [2.24, 2.45) is 0 Å². The molecule has 0 saturated heterocycles. The van der Waals surface area contributed by atoms with Crippen molar-refractivity contribution in [3.63, 3.8) is 0 Å². The van der Waals surface area contributed by atoms with Crippen molar-refractivity contribution in [3.8, 4) is 5.75 Å². The largest absolute Gasteiger partial charge is 0.488 e. The Morgan fingerprint density at radius 2 is 2.11 bits per heavy atom. The first-order chi connectivity index (χ1) is 9.22. The van der Waals surface area contributed by atoms with Gasteiger partial charge in [0.25, 0.3) is 0 Å². The fourth-order valence-electron chi connectivity index (χ4n) is 1.74. The molecule has 2 N–H and O–H groups in total. The third-order valence-electron chi connectivity index (χ3n) is 2.90. The van der Waals surface area contributed by atoms with Gasteiger partial charge in [-0.2, -0.15) is 15.0 Å². The average Bonchev–Trinajstić information content (AvgIpc) is 3.07. The van der Waals surface area contributed by atoms with Crippen molar-refractivity contribution in [2.75, 3.05) is 5.73 Å². The summed E-state index contributed by atoms with van der Waals surface area (Å²) in [7, 11) is 0. The summed E-state index contributed by atoms with van der Waals surface area (Å²) in [5.74, 6) is 0.567. The molecule has 1 fully saturated rings. The Morgan fingerprint density at radius 1 is 1.37 bits per heavy atom. The van der Waals surface area contributed by atoms with Gasteiger partial charge >= 0.3 is 0 Å². The SMILES string of the molecule is Nc1cc(C(=O)Cn2nccn2)ccc1OC1CC1. The molecule has 0 bridgehead atoms. The molecule has 1 aliphatic rings. The van der Waals surface area contributed by atoms with Crippen molar-refractivity contribution in [3.05, 3.63) is 36.2 Å². The van der Waals surface area contributed by atoms with Crippen LogP contribution in [0.3, 0.4) is 0 Å². The summed E-state index contributed by atoms with van der Waals surface area (Å²) in [6.07, 6.45) is 5.51. The molecule has 3 rings (SSSR count). The van der Waals surface area contributed by atoms with Gasteiger partial charge in [-0.05, 0) is 31.0 Å². The molecular weight excluding hydrogens is 244 g/mol. The van der Waals surface area contributed by atoms with E-state index in [4.69, 9.17) is 10.5 Å². The number of nitrogens with zero attached hydrogens (tertiary/aromatic N) is 3. The number of rotatable bonds is 5. The van der Waals surface area contributed by atoms with E-state index in [0.717, 1.165) is 12.8 Å². The molecule has 0 aliphatic heterocycles. The summed E-state index contributed by atoms with van der Waals surface area (Å²) in [6, 6.07) is 5.11. The molecule has 2 aromatic rings. The Bertz CT molecular complexity index is 591. The lowest BCUT2D eigenvalue weighted by Gasteiger charge is -2.09. The number of Topliss-reactive ketones (excluding diaryl/α,β-unsaturated/α-hetero) is 1. The number of carbonyl (C=O) groups is 1. The zero-order valence-corrected chi connectivity index (χ0v) is 10.3. The molecule has 0 amide bonds. The van der Waals surface area contributed by atoms with Gasteiger partial charge in [0, 0.05) is 5.56 Å². The minimum absolute atomic E-state index is 0.0825. The second kappa shape index (κ2) is 4.72. The number of ether oxygens (including phenoxy) is 1. The van der Waals surface area contributed by atoms with Crippen LogP contribution in [0, 0.1) is 0 Å². The quantitative estimate of drug-likeness (QED) is 0.645. The summed E-state index contributed by atoms with van der Waals surface area (Å²) >= 11 is 0. The maximum Gasteiger partial charge on any atom is 0.186 e.